The zero-order valence-corrected chi connectivity index (χ0v) is 21.5. The second-order valence-electron chi connectivity index (χ2n) is 8.76. The van der Waals surface area contributed by atoms with Crippen LogP contribution in [-0.2, 0) is 32.0 Å². The predicted octanol–water partition coefficient (Wildman–Crippen LogP) is 0.199. The molecule has 1 aromatic heterocycles. The molecule has 0 aliphatic carbocycles. The van der Waals surface area contributed by atoms with Crippen molar-refractivity contribution in [2.75, 3.05) is 20.7 Å². The summed E-state index contributed by atoms with van der Waals surface area (Å²) in [5, 5.41) is 10.4. The van der Waals surface area contributed by atoms with Crippen molar-refractivity contribution in [2.24, 2.45) is 0 Å². The highest BCUT2D eigenvalue weighted by Crippen LogP contribution is 2.61. The fourth-order valence-electron chi connectivity index (χ4n) is 3.93. The molecule has 0 radical (unpaired) electrons. The topological polar surface area (TPSA) is 199 Å². The molecular formula is C18H31N3O12P2. The highest BCUT2D eigenvalue weighted by Gasteiger charge is 2.45. The van der Waals surface area contributed by atoms with E-state index in [1.54, 1.807) is 25.9 Å². The molecule has 0 spiro atoms. The summed E-state index contributed by atoms with van der Waals surface area (Å²) in [7, 11) is -6.89. The van der Waals surface area contributed by atoms with E-state index in [-0.39, 0.29) is 0 Å². The van der Waals surface area contributed by atoms with E-state index in [0.29, 0.717) is 24.8 Å². The maximum absolute atomic E-state index is 12.4. The van der Waals surface area contributed by atoms with Crippen LogP contribution < -0.4 is 11.2 Å². The van der Waals surface area contributed by atoms with Gasteiger partial charge in [0.05, 0.1) is 18.8 Å². The van der Waals surface area contributed by atoms with Crippen LogP contribution in [0.3, 0.4) is 0 Å². The van der Waals surface area contributed by atoms with E-state index in [0.717, 1.165) is 0 Å². The highest BCUT2D eigenvalue weighted by atomic mass is 31.3. The number of hydrogen-bond acceptors (Lipinski definition) is 11. The van der Waals surface area contributed by atoms with Gasteiger partial charge in [-0.25, -0.2) is 13.9 Å². The number of phosphoric ester groups is 2. The molecule has 1 aromatic rings. The molecule has 2 fully saturated rings. The number of ether oxygens (including phenoxy) is 2. The lowest BCUT2D eigenvalue weighted by molar-refractivity contribution is -0.222. The molecule has 5 unspecified atom stereocenters. The Morgan fingerprint density at radius 1 is 1.20 bits per heavy atom. The van der Waals surface area contributed by atoms with Crippen molar-refractivity contribution in [1.29, 1.82) is 0 Å². The van der Waals surface area contributed by atoms with E-state index in [1.165, 1.54) is 17.7 Å². The molecule has 8 atom stereocenters. The van der Waals surface area contributed by atoms with Gasteiger partial charge in [-0.15, -0.1) is 0 Å². The molecule has 2 aliphatic rings. The number of rotatable bonds is 9. The number of aromatic amines is 1. The first kappa shape index (κ1) is 28.4. The van der Waals surface area contributed by atoms with Gasteiger partial charge in [0.15, 0.2) is 6.29 Å². The first-order valence-corrected chi connectivity index (χ1v) is 13.8. The minimum Gasteiger partial charge on any atom is -0.386 e. The van der Waals surface area contributed by atoms with Crippen molar-refractivity contribution in [3.8, 4) is 0 Å². The van der Waals surface area contributed by atoms with Gasteiger partial charge >= 0.3 is 21.3 Å². The number of likely N-dealkylation sites (N-methyl/N-ethyl adjacent to an activating group) is 1. The molecule has 3 rings (SSSR count). The maximum atomic E-state index is 12.4. The summed E-state index contributed by atoms with van der Waals surface area (Å²) in [5.41, 5.74) is -0.881. The summed E-state index contributed by atoms with van der Waals surface area (Å²) >= 11 is 0. The van der Waals surface area contributed by atoms with Gasteiger partial charge in [0.25, 0.3) is 5.56 Å². The molecule has 0 aromatic carbocycles. The standard InChI is InChI=1S/C18H31N3O12P2/c1-10-8-21(18(24)19-16(10)23)14-6-5-12(31-14)9-29-34(25,26)33-35(27,28)32-17-15(22)13(20(3)4)7-11(2)30-17/h8,11-15,17,22H,5-7,9H2,1-4H3,(H,25,26)(H,27,28)(H,19,23,24)/t11?,12-,13?,14+,15?,17+/m0/s1. The molecule has 200 valence electrons. The molecule has 0 bridgehead atoms. The summed E-state index contributed by atoms with van der Waals surface area (Å²) in [5.74, 6) is 0. The minimum absolute atomic E-state index is 0.304. The number of H-pyrrole nitrogens is 1. The molecular weight excluding hydrogens is 512 g/mol. The largest absolute Gasteiger partial charge is 0.483 e. The number of phosphoric acid groups is 2. The third kappa shape index (κ3) is 7.40. The van der Waals surface area contributed by atoms with Gasteiger partial charge in [-0.2, -0.15) is 4.31 Å². The van der Waals surface area contributed by atoms with Crippen LogP contribution in [0.15, 0.2) is 15.8 Å². The first-order chi connectivity index (χ1) is 16.2. The Morgan fingerprint density at radius 3 is 2.54 bits per heavy atom. The Labute approximate surface area is 200 Å². The van der Waals surface area contributed by atoms with Crippen molar-refractivity contribution in [1.82, 2.24) is 14.5 Å². The average Bonchev–Trinajstić information content (AvgIpc) is 3.19. The van der Waals surface area contributed by atoms with E-state index in [9.17, 15) is 33.6 Å². The Balaban J connectivity index is 1.55. The molecule has 3 heterocycles. The van der Waals surface area contributed by atoms with Crippen LogP contribution in [0.4, 0.5) is 0 Å². The van der Waals surface area contributed by atoms with Gasteiger partial charge in [0.1, 0.15) is 12.3 Å². The van der Waals surface area contributed by atoms with Gasteiger partial charge in [-0.3, -0.25) is 23.4 Å². The lowest BCUT2D eigenvalue weighted by Gasteiger charge is -2.40. The highest BCUT2D eigenvalue weighted by molar-refractivity contribution is 7.61. The molecule has 0 amide bonds. The quantitative estimate of drug-likeness (QED) is 0.308. The lowest BCUT2D eigenvalue weighted by atomic mass is 9.99. The summed E-state index contributed by atoms with van der Waals surface area (Å²) < 4.78 is 50.8. The summed E-state index contributed by atoms with van der Waals surface area (Å²) in [6, 6.07) is -0.452. The average molecular weight is 543 g/mol. The second-order valence-corrected chi connectivity index (χ2v) is 11.8. The number of aliphatic hydroxyl groups excluding tert-OH is 1. The van der Waals surface area contributed by atoms with E-state index in [4.69, 9.17) is 18.5 Å². The van der Waals surface area contributed by atoms with Gasteiger partial charge < -0.3 is 29.3 Å². The van der Waals surface area contributed by atoms with Crippen LogP contribution in [0.25, 0.3) is 0 Å². The molecule has 17 heteroatoms. The van der Waals surface area contributed by atoms with Crippen molar-refractivity contribution in [3.63, 3.8) is 0 Å². The second kappa shape index (κ2) is 11.0. The van der Waals surface area contributed by atoms with E-state index >= 15 is 0 Å². The van der Waals surface area contributed by atoms with Crippen LogP contribution >= 0.6 is 15.6 Å². The van der Waals surface area contributed by atoms with Gasteiger partial charge in [0, 0.05) is 17.8 Å². The van der Waals surface area contributed by atoms with Gasteiger partial charge in [-0.05, 0) is 47.2 Å². The van der Waals surface area contributed by atoms with Crippen LogP contribution in [-0.4, -0.2) is 80.7 Å². The molecule has 2 aliphatic heterocycles. The first-order valence-electron chi connectivity index (χ1n) is 10.8. The lowest BCUT2D eigenvalue weighted by Crippen LogP contribution is -2.53. The van der Waals surface area contributed by atoms with Crippen LogP contribution in [0.5, 0.6) is 0 Å². The number of hydrogen-bond donors (Lipinski definition) is 4. The molecule has 15 nitrogen and oxygen atoms in total. The Bertz CT molecular complexity index is 1110. The van der Waals surface area contributed by atoms with Crippen molar-refractivity contribution in [2.45, 2.75) is 70.0 Å². The van der Waals surface area contributed by atoms with Crippen LogP contribution in [0.2, 0.25) is 0 Å². The van der Waals surface area contributed by atoms with Gasteiger partial charge in [0.2, 0.25) is 0 Å². The summed E-state index contributed by atoms with van der Waals surface area (Å²) in [6.07, 6.45) is -2.37. The van der Waals surface area contributed by atoms with Crippen molar-refractivity contribution >= 4 is 15.6 Å². The third-order valence-electron chi connectivity index (χ3n) is 5.68. The fourth-order valence-corrected chi connectivity index (χ4v) is 6.10. The zero-order valence-electron chi connectivity index (χ0n) is 19.7. The van der Waals surface area contributed by atoms with E-state index in [2.05, 4.69) is 9.29 Å². The van der Waals surface area contributed by atoms with Crippen LogP contribution in [0, 0.1) is 6.92 Å². The Kier molecular flexibility index (Phi) is 8.94. The number of aryl methyl sites for hydroxylation is 1. The Hall–Kier alpha value is -1.22. The third-order valence-corrected chi connectivity index (χ3v) is 8.28. The van der Waals surface area contributed by atoms with E-state index < -0.39 is 70.4 Å². The smallest absolute Gasteiger partial charge is 0.386 e. The Morgan fingerprint density at radius 2 is 1.89 bits per heavy atom. The normalized spacial score (nSPS) is 32.9. The fraction of sp³-hybridized carbons (Fsp3) is 0.778. The molecule has 4 N–H and O–H groups in total. The number of nitrogens with one attached hydrogen (secondary N) is 1. The van der Waals surface area contributed by atoms with Crippen molar-refractivity contribution < 1.29 is 46.9 Å². The zero-order chi connectivity index (χ0) is 26.1. The summed E-state index contributed by atoms with van der Waals surface area (Å²) in [4.78, 5) is 47.3. The number of nitrogens with zero attached hydrogens (tertiary/aromatic N) is 2. The van der Waals surface area contributed by atoms with E-state index in [1.807, 2.05) is 0 Å². The molecule has 0 saturated carbocycles. The SMILES string of the molecule is Cc1cn([C@H]2CC[C@@H](COP(=O)(O)OP(=O)(O)O[C@H]3OC(C)CC(N(C)C)C3O)O2)c(=O)[nH]c1=O. The molecule has 2 saturated heterocycles. The van der Waals surface area contributed by atoms with Crippen LogP contribution in [0.1, 0.15) is 38.0 Å². The minimum atomic E-state index is -5.20. The van der Waals surface area contributed by atoms with Gasteiger partial charge in [-0.1, -0.05) is 0 Å². The summed E-state index contributed by atoms with van der Waals surface area (Å²) in [6.45, 7) is 2.71. The maximum Gasteiger partial charge on any atom is 0.483 e. The molecule has 35 heavy (non-hydrogen) atoms. The monoisotopic (exact) mass is 543 g/mol. The predicted molar refractivity (Wildman–Crippen MR) is 119 cm³/mol. The van der Waals surface area contributed by atoms with Crippen molar-refractivity contribution in [3.05, 3.63) is 32.6 Å². The number of aliphatic hydroxyl groups is 1. The number of aromatic nitrogens is 2.